The van der Waals surface area contributed by atoms with Crippen LogP contribution >= 0.6 is 0 Å². The Morgan fingerprint density at radius 2 is 2.00 bits per heavy atom. The molecule has 0 saturated carbocycles. The zero-order valence-electron chi connectivity index (χ0n) is 11.3. The molecule has 21 heavy (non-hydrogen) atoms. The van der Waals surface area contributed by atoms with Crippen LogP contribution in [-0.2, 0) is 6.54 Å². The molecule has 6 nitrogen and oxygen atoms in total. The number of aryl methyl sites for hydroxylation is 1. The molecule has 106 valence electrons. The van der Waals surface area contributed by atoms with Gasteiger partial charge in [0, 0.05) is 18.0 Å². The van der Waals surface area contributed by atoms with Gasteiger partial charge in [0.05, 0.1) is 12.1 Å². The summed E-state index contributed by atoms with van der Waals surface area (Å²) in [6.07, 6.45) is 0. The number of carbonyl (C=O) groups is 1. The SMILES string of the molecule is Cc1nc(CNc2ccc(C(=O)O)c3ccccc23)no1. The minimum Gasteiger partial charge on any atom is -0.478 e. The number of carboxylic acids is 1. The first kappa shape index (κ1) is 13.1. The lowest BCUT2D eigenvalue weighted by atomic mass is 10.0. The highest BCUT2D eigenvalue weighted by Gasteiger charge is 2.11. The summed E-state index contributed by atoms with van der Waals surface area (Å²) >= 11 is 0. The van der Waals surface area contributed by atoms with Crippen molar-refractivity contribution in [3.05, 3.63) is 53.7 Å². The lowest BCUT2D eigenvalue weighted by Gasteiger charge is -2.10. The van der Waals surface area contributed by atoms with Gasteiger partial charge >= 0.3 is 5.97 Å². The smallest absolute Gasteiger partial charge is 0.336 e. The minimum absolute atomic E-state index is 0.284. The van der Waals surface area contributed by atoms with E-state index in [1.165, 1.54) is 0 Å². The minimum atomic E-state index is -0.938. The van der Waals surface area contributed by atoms with E-state index >= 15 is 0 Å². The Morgan fingerprint density at radius 1 is 1.24 bits per heavy atom. The van der Waals surface area contributed by atoms with E-state index in [2.05, 4.69) is 15.5 Å². The van der Waals surface area contributed by atoms with Crippen LogP contribution < -0.4 is 5.32 Å². The average Bonchev–Trinajstić information content (AvgIpc) is 2.90. The third-order valence-electron chi connectivity index (χ3n) is 3.16. The van der Waals surface area contributed by atoms with Crippen molar-refractivity contribution in [3.63, 3.8) is 0 Å². The fourth-order valence-corrected chi connectivity index (χ4v) is 2.23. The van der Waals surface area contributed by atoms with Gasteiger partial charge in [0.1, 0.15) is 0 Å². The molecule has 0 amide bonds. The highest BCUT2D eigenvalue weighted by Crippen LogP contribution is 2.27. The first-order valence-electron chi connectivity index (χ1n) is 6.43. The van der Waals surface area contributed by atoms with E-state index in [9.17, 15) is 9.90 Å². The first-order chi connectivity index (χ1) is 10.1. The summed E-state index contributed by atoms with van der Waals surface area (Å²) in [5, 5.41) is 17.8. The molecule has 0 saturated heterocycles. The number of fused-ring (bicyclic) bond motifs is 1. The normalized spacial score (nSPS) is 10.7. The highest BCUT2D eigenvalue weighted by atomic mass is 16.5. The van der Waals surface area contributed by atoms with Crippen molar-refractivity contribution in [2.24, 2.45) is 0 Å². The molecule has 0 fully saturated rings. The van der Waals surface area contributed by atoms with Crippen molar-refractivity contribution in [2.75, 3.05) is 5.32 Å². The van der Waals surface area contributed by atoms with Crippen LogP contribution in [0.3, 0.4) is 0 Å². The summed E-state index contributed by atoms with van der Waals surface area (Å²) in [6, 6.07) is 10.7. The third kappa shape index (κ3) is 2.55. The molecule has 6 heteroatoms. The van der Waals surface area contributed by atoms with Gasteiger partial charge in [0.2, 0.25) is 5.89 Å². The fraction of sp³-hybridized carbons (Fsp3) is 0.133. The predicted octanol–water partition coefficient (Wildman–Crippen LogP) is 2.84. The second-order valence-corrected chi connectivity index (χ2v) is 4.59. The van der Waals surface area contributed by atoms with Crippen molar-refractivity contribution in [1.82, 2.24) is 10.1 Å². The quantitative estimate of drug-likeness (QED) is 0.765. The zero-order chi connectivity index (χ0) is 14.8. The van der Waals surface area contributed by atoms with E-state index in [1.807, 2.05) is 18.2 Å². The van der Waals surface area contributed by atoms with Crippen LogP contribution in [0, 0.1) is 6.92 Å². The predicted molar refractivity (Wildman–Crippen MR) is 77.3 cm³/mol. The molecule has 1 aromatic heterocycles. The lowest BCUT2D eigenvalue weighted by Crippen LogP contribution is -2.04. The van der Waals surface area contributed by atoms with Gasteiger partial charge in [-0.1, -0.05) is 29.4 Å². The number of anilines is 1. The van der Waals surface area contributed by atoms with E-state index in [-0.39, 0.29) is 5.56 Å². The summed E-state index contributed by atoms with van der Waals surface area (Å²) < 4.78 is 4.91. The second kappa shape index (κ2) is 5.24. The molecule has 0 aliphatic heterocycles. The maximum absolute atomic E-state index is 11.3. The highest BCUT2D eigenvalue weighted by molar-refractivity contribution is 6.07. The molecular weight excluding hydrogens is 270 g/mol. The van der Waals surface area contributed by atoms with Crippen LogP contribution in [0.1, 0.15) is 22.1 Å². The Bertz CT molecular complexity index is 811. The lowest BCUT2D eigenvalue weighted by molar-refractivity contribution is 0.0699. The number of aromatic carboxylic acids is 1. The summed E-state index contributed by atoms with van der Waals surface area (Å²) in [6.45, 7) is 2.14. The number of benzene rings is 2. The molecule has 0 spiro atoms. The Morgan fingerprint density at radius 3 is 2.67 bits per heavy atom. The van der Waals surface area contributed by atoms with Crippen LogP contribution in [0.25, 0.3) is 10.8 Å². The van der Waals surface area contributed by atoms with E-state index in [0.717, 1.165) is 11.1 Å². The first-order valence-corrected chi connectivity index (χ1v) is 6.43. The topological polar surface area (TPSA) is 88.2 Å². The molecular formula is C15H13N3O3. The van der Waals surface area contributed by atoms with Gasteiger partial charge < -0.3 is 14.9 Å². The van der Waals surface area contributed by atoms with Crippen LogP contribution in [0.2, 0.25) is 0 Å². The maximum atomic E-state index is 11.3. The van der Waals surface area contributed by atoms with E-state index < -0.39 is 5.97 Å². The molecule has 2 aromatic carbocycles. The molecule has 0 radical (unpaired) electrons. The summed E-state index contributed by atoms with van der Waals surface area (Å²) in [4.78, 5) is 15.4. The Balaban J connectivity index is 1.96. The summed E-state index contributed by atoms with van der Waals surface area (Å²) in [5.74, 6) is 0.128. The van der Waals surface area contributed by atoms with E-state index in [0.29, 0.717) is 23.6 Å². The second-order valence-electron chi connectivity index (χ2n) is 4.59. The molecule has 0 atom stereocenters. The van der Waals surface area contributed by atoms with Crippen LogP contribution in [0.15, 0.2) is 40.9 Å². The Kier molecular flexibility index (Phi) is 3.27. The Hall–Kier alpha value is -2.89. The van der Waals surface area contributed by atoms with Crippen molar-refractivity contribution < 1.29 is 14.4 Å². The van der Waals surface area contributed by atoms with Crippen LogP contribution in [0.5, 0.6) is 0 Å². The molecule has 3 rings (SSSR count). The van der Waals surface area contributed by atoms with Crippen molar-refractivity contribution >= 4 is 22.4 Å². The molecule has 3 aromatic rings. The molecule has 0 aliphatic rings. The largest absolute Gasteiger partial charge is 0.478 e. The summed E-state index contributed by atoms with van der Waals surface area (Å²) in [5.41, 5.74) is 1.12. The van der Waals surface area contributed by atoms with Crippen molar-refractivity contribution in [2.45, 2.75) is 13.5 Å². The van der Waals surface area contributed by atoms with Crippen molar-refractivity contribution in [3.8, 4) is 0 Å². The summed E-state index contributed by atoms with van der Waals surface area (Å²) in [7, 11) is 0. The molecule has 0 bridgehead atoms. The number of hydrogen-bond acceptors (Lipinski definition) is 5. The fourth-order valence-electron chi connectivity index (χ4n) is 2.23. The van der Waals surface area contributed by atoms with Gasteiger partial charge in [-0.25, -0.2) is 4.79 Å². The third-order valence-corrected chi connectivity index (χ3v) is 3.16. The van der Waals surface area contributed by atoms with Crippen molar-refractivity contribution in [1.29, 1.82) is 0 Å². The van der Waals surface area contributed by atoms with Gasteiger partial charge in [-0.3, -0.25) is 0 Å². The molecule has 2 N–H and O–H groups in total. The van der Waals surface area contributed by atoms with Gasteiger partial charge in [0.25, 0.3) is 0 Å². The molecule has 0 unspecified atom stereocenters. The molecule has 1 heterocycles. The van der Waals surface area contributed by atoms with Gasteiger partial charge in [0.15, 0.2) is 5.82 Å². The van der Waals surface area contributed by atoms with Crippen LogP contribution in [0.4, 0.5) is 5.69 Å². The monoisotopic (exact) mass is 283 g/mol. The van der Waals surface area contributed by atoms with Gasteiger partial charge in [-0.15, -0.1) is 0 Å². The van der Waals surface area contributed by atoms with Gasteiger partial charge in [-0.2, -0.15) is 4.98 Å². The standard InChI is InChI=1S/C15H13N3O3/c1-9-17-14(18-21-9)8-16-13-7-6-12(15(19)20)10-4-2-3-5-11(10)13/h2-7,16H,8H2,1H3,(H,19,20). The number of rotatable bonds is 4. The average molecular weight is 283 g/mol. The van der Waals surface area contributed by atoms with Gasteiger partial charge in [-0.05, 0) is 17.5 Å². The number of nitrogens with one attached hydrogen (secondary N) is 1. The Labute approximate surface area is 120 Å². The number of carboxylic acid groups (broad SMARTS) is 1. The maximum Gasteiger partial charge on any atom is 0.336 e. The molecule has 0 aliphatic carbocycles. The zero-order valence-corrected chi connectivity index (χ0v) is 11.3. The van der Waals surface area contributed by atoms with E-state index in [4.69, 9.17) is 4.52 Å². The number of nitrogens with zero attached hydrogens (tertiary/aromatic N) is 2. The van der Waals surface area contributed by atoms with Crippen LogP contribution in [-0.4, -0.2) is 21.2 Å². The van der Waals surface area contributed by atoms with E-state index in [1.54, 1.807) is 25.1 Å². The number of aromatic nitrogens is 2. The number of hydrogen-bond donors (Lipinski definition) is 2.